The molecule has 0 saturated heterocycles. The Hall–Kier alpha value is -4.83. The highest BCUT2D eigenvalue weighted by atomic mass is 32.2. The summed E-state index contributed by atoms with van der Waals surface area (Å²) in [5.41, 5.74) is 2.91. The molecule has 248 valence electrons. The van der Waals surface area contributed by atoms with Crippen LogP contribution in [0.25, 0.3) is 0 Å². The van der Waals surface area contributed by atoms with Gasteiger partial charge in [0, 0.05) is 25.6 Å². The lowest BCUT2D eigenvalue weighted by Gasteiger charge is -2.34. The SMILES string of the molecule is CCCCNC(=O)[C@H](Cc1ccccc1)N(Cc1cccc(C)c1)C(=O)CN(c1ccc(OC)c(OC)c1)S(=O)(=O)c1ccccc1. The first-order valence-corrected chi connectivity index (χ1v) is 17.1. The van der Waals surface area contributed by atoms with Gasteiger partial charge >= 0.3 is 0 Å². The van der Waals surface area contributed by atoms with Crippen LogP contribution in [0.2, 0.25) is 0 Å². The number of nitrogens with one attached hydrogen (secondary N) is 1. The van der Waals surface area contributed by atoms with E-state index in [-0.39, 0.29) is 29.5 Å². The summed E-state index contributed by atoms with van der Waals surface area (Å²) in [5.74, 6) is -0.119. The number of hydrogen-bond acceptors (Lipinski definition) is 6. The number of carbonyl (C=O) groups excluding carboxylic acids is 2. The van der Waals surface area contributed by atoms with Crippen molar-refractivity contribution in [3.05, 3.63) is 120 Å². The number of sulfonamides is 1. The first-order chi connectivity index (χ1) is 22.7. The predicted octanol–water partition coefficient (Wildman–Crippen LogP) is 5.76. The number of anilines is 1. The third-order valence-corrected chi connectivity index (χ3v) is 9.59. The van der Waals surface area contributed by atoms with Crippen LogP contribution in [0.15, 0.2) is 108 Å². The molecule has 0 unspecified atom stereocenters. The van der Waals surface area contributed by atoms with Crippen LogP contribution >= 0.6 is 0 Å². The Kier molecular flexibility index (Phi) is 12.4. The number of amides is 2. The van der Waals surface area contributed by atoms with Crippen molar-refractivity contribution < 1.29 is 27.5 Å². The largest absolute Gasteiger partial charge is 0.493 e. The van der Waals surface area contributed by atoms with Gasteiger partial charge in [-0.25, -0.2) is 8.42 Å². The third kappa shape index (κ3) is 9.13. The summed E-state index contributed by atoms with van der Waals surface area (Å²) >= 11 is 0. The van der Waals surface area contributed by atoms with Gasteiger partial charge in [-0.3, -0.25) is 13.9 Å². The van der Waals surface area contributed by atoms with Crippen LogP contribution in [0.1, 0.15) is 36.5 Å². The maximum Gasteiger partial charge on any atom is 0.264 e. The quantitative estimate of drug-likeness (QED) is 0.154. The molecule has 2 amide bonds. The topological polar surface area (TPSA) is 105 Å². The molecule has 10 heteroatoms. The molecule has 0 radical (unpaired) electrons. The number of rotatable bonds is 16. The summed E-state index contributed by atoms with van der Waals surface area (Å²) in [5, 5.41) is 3.01. The Morgan fingerprint density at radius 3 is 2.11 bits per heavy atom. The minimum Gasteiger partial charge on any atom is -0.493 e. The van der Waals surface area contributed by atoms with E-state index in [1.54, 1.807) is 30.3 Å². The first-order valence-electron chi connectivity index (χ1n) is 15.6. The van der Waals surface area contributed by atoms with Crippen molar-refractivity contribution in [3.8, 4) is 11.5 Å². The molecule has 0 spiro atoms. The van der Waals surface area contributed by atoms with E-state index >= 15 is 0 Å². The van der Waals surface area contributed by atoms with Crippen LogP contribution < -0.4 is 19.1 Å². The molecule has 0 aliphatic rings. The molecule has 1 N–H and O–H groups in total. The van der Waals surface area contributed by atoms with Crippen molar-refractivity contribution in [2.24, 2.45) is 0 Å². The Labute approximate surface area is 278 Å². The maximum atomic E-state index is 14.6. The summed E-state index contributed by atoms with van der Waals surface area (Å²) in [6, 6.07) is 28.9. The molecule has 47 heavy (non-hydrogen) atoms. The molecule has 0 aliphatic carbocycles. The average Bonchev–Trinajstić information content (AvgIpc) is 3.09. The molecular formula is C37H43N3O6S. The molecule has 9 nitrogen and oxygen atoms in total. The number of aryl methyl sites for hydroxylation is 1. The van der Waals surface area contributed by atoms with Gasteiger partial charge in [-0.05, 0) is 48.7 Å². The summed E-state index contributed by atoms with van der Waals surface area (Å²) in [6.07, 6.45) is 1.93. The number of carbonyl (C=O) groups is 2. The molecular weight excluding hydrogens is 614 g/mol. The van der Waals surface area contributed by atoms with E-state index in [0.717, 1.165) is 33.8 Å². The molecule has 4 aromatic rings. The number of hydrogen-bond donors (Lipinski definition) is 1. The monoisotopic (exact) mass is 657 g/mol. The van der Waals surface area contributed by atoms with Gasteiger partial charge in [0.05, 0.1) is 24.8 Å². The van der Waals surface area contributed by atoms with Crippen LogP contribution in [-0.4, -0.2) is 58.5 Å². The molecule has 0 bridgehead atoms. The van der Waals surface area contributed by atoms with Gasteiger partial charge in [0.25, 0.3) is 10.0 Å². The minimum atomic E-state index is -4.24. The van der Waals surface area contributed by atoms with E-state index in [1.165, 1.54) is 37.3 Å². The van der Waals surface area contributed by atoms with Crippen molar-refractivity contribution in [2.45, 2.75) is 50.6 Å². The lowest BCUT2D eigenvalue weighted by atomic mass is 10.0. The van der Waals surface area contributed by atoms with Gasteiger partial charge in [0.1, 0.15) is 12.6 Å². The van der Waals surface area contributed by atoms with Crippen LogP contribution in [-0.2, 0) is 32.6 Å². The van der Waals surface area contributed by atoms with Gasteiger partial charge < -0.3 is 19.7 Å². The zero-order valence-electron chi connectivity index (χ0n) is 27.4. The highest BCUT2D eigenvalue weighted by molar-refractivity contribution is 7.92. The van der Waals surface area contributed by atoms with Gasteiger partial charge in [-0.2, -0.15) is 0 Å². The Bertz CT molecular complexity index is 1730. The van der Waals surface area contributed by atoms with Crippen molar-refractivity contribution in [1.82, 2.24) is 10.2 Å². The zero-order chi connectivity index (χ0) is 33.8. The lowest BCUT2D eigenvalue weighted by molar-refractivity contribution is -0.140. The van der Waals surface area contributed by atoms with E-state index in [9.17, 15) is 18.0 Å². The van der Waals surface area contributed by atoms with Crippen LogP contribution in [0.5, 0.6) is 11.5 Å². The second kappa shape index (κ2) is 16.6. The van der Waals surface area contributed by atoms with Gasteiger partial charge in [0.2, 0.25) is 11.8 Å². The molecule has 0 aliphatic heterocycles. The maximum absolute atomic E-state index is 14.6. The summed E-state index contributed by atoms with van der Waals surface area (Å²) in [7, 11) is -1.30. The molecule has 0 aromatic heterocycles. The van der Waals surface area contributed by atoms with Crippen molar-refractivity contribution in [2.75, 3.05) is 31.6 Å². The van der Waals surface area contributed by atoms with Crippen molar-refractivity contribution in [1.29, 1.82) is 0 Å². The lowest BCUT2D eigenvalue weighted by Crippen LogP contribution is -2.53. The highest BCUT2D eigenvalue weighted by Crippen LogP contribution is 2.34. The number of ether oxygens (including phenoxy) is 2. The summed E-state index contributed by atoms with van der Waals surface area (Å²) in [4.78, 5) is 30.0. The molecule has 0 saturated carbocycles. The molecule has 1 atom stereocenters. The van der Waals surface area contributed by atoms with Gasteiger partial charge in [0.15, 0.2) is 11.5 Å². The Morgan fingerprint density at radius 1 is 0.809 bits per heavy atom. The number of nitrogens with zero attached hydrogens (tertiary/aromatic N) is 2. The zero-order valence-corrected chi connectivity index (χ0v) is 28.2. The molecule has 4 aromatic carbocycles. The standard InChI is InChI=1S/C37H43N3O6S/c1-5-6-22-38-37(42)33(24-29-15-9-7-10-16-29)39(26-30-17-13-14-28(2)23-30)36(41)27-40(47(43,44)32-18-11-8-12-19-32)31-20-21-34(45-3)35(25-31)46-4/h7-21,23,25,33H,5-6,22,24,26-27H2,1-4H3,(H,38,42)/t33-/m0/s1. The number of unbranched alkanes of at least 4 members (excludes halogenated alkanes) is 1. The number of methoxy groups -OCH3 is 2. The van der Waals surface area contributed by atoms with E-state index in [2.05, 4.69) is 5.32 Å². The van der Waals surface area contributed by atoms with Gasteiger partial charge in [-0.15, -0.1) is 0 Å². The fourth-order valence-corrected chi connectivity index (χ4v) is 6.72. The fraction of sp³-hybridized carbons (Fsp3) is 0.297. The van der Waals surface area contributed by atoms with E-state index < -0.39 is 28.5 Å². The van der Waals surface area contributed by atoms with E-state index in [4.69, 9.17) is 9.47 Å². The Morgan fingerprint density at radius 2 is 1.47 bits per heavy atom. The normalized spacial score (nSPS) is 11.7. The summed E-state index contributed by atoms with van der Waals surface area (Å²) < 4.78 is 40.4. The average molecular weight is 658 g/mol. The van der Waals surface area contributed by atoms with Crippen molar-refractivity contribution >= 4 is 27.5 Å². The van der Waals surface area contributed by atoms with E-state index in [1.807, 2.05) is 68.4 Å². The van der Waals surface area contributed by atoms with Crippen LogP contribution in [0.3, 0.4) is 0 Å². The van der Waals surface area contributed by atoms with E-state index in [0.29, 0.717) is 18.0 Å². The second-order valence-electron chi connectivity index (χ2n) is 11.2. The summed E-state index contributed by atoms with van der Waals surface area (Å²) in [6.45, 7) is 4.00. The fourth-order valence-electron chi connectivity index (χ4n) is 5.30. The second-order valence-corrected chi connectivity index (χ2v) is 13.1. The minimum absolute atomic E-state index is 0.0194. The highest BCUT2D eigenvalue weighted by Gasteiger charge is 2.35. The Balaban J connectivity index is 1.82. The predicted molar refractivity (Wildman–Crippen MR) is 184 cm³/mol. The smallest absolute Gasteiger partial charge is 0.264 e. The van der Waals surface area contributed by atoms with Crippen LogP contribution in [0.4, 0.5) is 5.69 Å². The van der Waals surface area contributed by atoms with Crippen LogP contribution in [0, 0.1) is 6.92 Å². The molecule has 0 fully saturated rings. The first kappa shape index (κ1) is 35.0. The molecule has 4 rings (SSSR count). The van der Waals surface area contributed by atoms with Crippen molar-refractivity contribution in [3.63, 3.8) is 0 Å². The molecule has 0 heterocycles. The number of benzene rings is 4. The third-order valence-electron chi connectivity index (χ3n) is 7.80. The van der Waals surface area contributed by atoms with Gasteiger partial charge in [-0.1, -0.05) is 91.7 Å².